The molecule has 0 bridgehead atoms. The Morgan fingerprint density at radius 1 is 1.25 bits per heavy atom. The summed E-state index contributed by atoms with van der Waals surface area (Å²) in [6.45, 7) is -0.0649. The molecule has 2 unspecified atom stereocenters. The van der Waals surface area contributed by atoms with Gasteiger partial charge >= 0.3 is 5.97 Å². The molecule has 3 atom stereocenters. The molecule has 4 heteroatoms. The second-order valence-corrected chi connectivity index (χ2v) is 4.66. The van der Waals surface area contributed by atoms with Gasteiger partial charge in [-0.25, -0.2) is 4.79 Å². The number of carboxylic acid groups (broad SMARTS) is 1. The number of aliphatic hydroxyl groups excluding tert-OH is 2. The zero-order chi connectivity index (χ0) is 14.5. The maximum absolute atomic E-state index is 10.7. The van der Waals surface area contributed by atoms with E-state index < -0.39 is 12.1 Å². The van der Waals surface area contributed by atoms with Gasteiger partial charge in [0.1, 0.15) is 0 Å². The minimum Gasteiger partial charge on any atom is -0.478 e. The Kier molecular flexibility index (Phi) is 4.42. The summed E-state index contributed by atoms with van der Waals surface area (Å²) in [4.78, 5) is 10.7. The van der Waals surface area contributed by atoms with E-state index in [1.165, 1.54) is 12.1 Å². The molecule has 0 amide bonds. The van der Waals surface area contributed by atoms with Crippen molar-refractivity contribution in [2.75, 3.05) is 6.61 Å². The Hall–Kier alpha value is -2.27. The molecular weight excluding hydrogens is 256 g/mol. The van der Waals surface area contributed by atoms with Crippen LogP contribution in [0.15, 0.2) is 24.3 Å². The van der Waals surface area contributed by atoms with Crippen molar-refractivity contribution in [3.63, 3.8) is 0 Å². The Balaban J connectivity index is 1.97. The van der Waals surface area contributed by atoms with Gasteiger partial charge in [-0.2, -0.15) is 0 Å². The lowest BCUT2D eigenvalue weighted by molar-refractivity contribution is -0.0372. The standard InChI is InChI=1S/C16H14O4/c17-10-14-13(9-15(14)18)4-2-1-3-11-5-7-12(8-6-11)16(19)20/h5-8,13-15,17-18H,9-10H2,(H,19,20)/t13?,14-,15?/m0/s1. The van der Waals surface area contributed by atoms with Crippen LogP contribution in [0.4, 0.5) is 0 Å². The third-order valence-electron chi connectivity index (χ3n) is 3.38. The predicted molar refractivity (Wildman–Crippen MR) is 72.7 cm³/mol. The molecule has 0 aliphatic heterocycles. The number of carbonyl (C=O) groups is 1. The monoisotopic (exact) mass is 270 g/mol. The van der Waals surface area contributed by atoms with Gasteiger partial charge in [0, 0.05) is 24.0 Å². The summed E-state index contributed by atoms with van der Waals surface area (Å²) < 4.78 is 0. The fourth-order valence-corrected chi connectivity index (χ4v) is 2.03. The van der Waals surface area contributed by atoms with Crippen LogP contribution in [0.3, 0.4) is 0 Å². The summed E-state index contributed by atoms with van der Waals surface area (Å²) in [5.74, 6) is 9.99. The summed E-state index contributed by atoms with van der Waals surface area (Å²) in [6, 6.07) is 6.23. The summed E-state index contributed by atoms with van der Waals surface area (Å²) in [5, 5.41) is 27.1. The maximum atomic E-state index is 10.7. The topological polar surface area (TPSA) is 77.8 Å². The molecule has 1 aromatic carbocycles. The lowest BCUT2D eigenvalue weighted by Crippen LogP contribution is -2.42. The van der Waals surface area contributed by atoms with E-state index in [0.29, 0.717) is 12.0 Å². The largest absolute Gasteiger partial charge is 0.478 e. The number of benzene rings is 1. The Labute approximate surface area is 117 Å². The number of carboxylic acids is 1. The highest BCUT2D eigenvalue weighted by molar-refractivity contribution is 5.87. The molecule has 20 heavy (non-hydrogen) atoms. The second kappa shape index (κ2) is 6.25. The van der Waals surface area contributed by atoms with Crippen LogP contribution in [-0.4, -0.2) is 34.0 Å². The summed E-state index contributed by atoms with van der Waals surface area (Å²) >= 11 is 0. The first-order chi connectivity index (χ1) is 9.61. The van der Waals surface area contributed by atoms with E-state index in [1.807, 2.05) is 0 Å². The van der Waals surface area contributed by atoms with Gasteiger partial charge in [-0.3, -0.25) is 0 Å². The molecule has 0 aromatic heterocycles. The molecule has 0 saturated heterocycles. The molecule has 0 heterocycles. The quantitative estimate of drug-likeness (QED) is 0.692. The van der Waals surface area contributed by atoms with Crippen LogP contribution in [0.25, 0.3) is 0 Å². The molecule has 1 aliphatic carbocycles. The highest BCUT2D eigenvalue weighted by Crippen LogP contribution is 2.33. The van der Waals surface area contributed by atoms with E-state index in [1.54, 1.807) is 12.1 Å². The van der Waals surface area contributed by atoms with Gasteiger partial charge in [0.15, 0.2) is 0 Å². The first-order valence-electron chi connectivity index (χ1n) is 6.25. The van der Waals surface area contributed by atoms with Crippen LogP contribution in [-0.2, 0) is 0 Å². The molecule has 1 aliphatic rings. The van der Waals surface area contributed by atoms with Gasteiger partial charge < -0.3 is 15.3 Å². The third kappa shape index (κ3) is 3.19. The first-order valence-corrected chi connectivity index (χ1v) is 6.25. The molecular formula is C16H14O4. The van der Waals surface area contributed by atoms with Crippen LogP contribution in [0, 0.1) is 35.5 Å². The molecule has 1 saturated carbocycles. The van der Waals surface area contributed by atoms with Gasteiger partial charge in [0.05, 0.1) is 11.7 Å². The summed E-state index contributed by atoms with van der Waals surface area (Å²) in [5.41, 5.74) is 0.910. The average molecular weight is 270 g/mol. The molecule has 1 aromatic rings. The smallest absolute Gasteiger partial charge is 0.335 e. The van der Waals surface area contributed by atoms with Crippen molar-refractivity contribution in [1.29, 1.82) is 0 Å². The van der Waals surface area contributed by atoms with E-state index >= 15 is 0 Å². The van der Waals surface area contributed by atoms with Crippen LogP contribution in [0.5, 0.6) is 0 Å². The van der Waals surface area contributed by atoms with Gasteiger partial charge in [0.25, 0.3) is 0 Å². The Morgan fingerprint density at radius 2 is 1.95 bits per heavy atom. The van der Waals surface area contributed by atoms with Gasteiger partial charge in [-0.15, -0.1) is 0 Å². The number of aromatic carboxylic acids is 1. The molecule has 4 nitrogen and oxygen atoms in total. The van der Waals surface area contributed by atoms with Crippen LogP contribution < -0.4 is 0 Å². The molecule has 0 spiro atoms. The van der Waals surface area contributed by atoms with E-state index in [0.717, 1.165) is 0 Å². The van der Waals surface area contributed by atoms with Crippen LogP contribution in [0.1, 0.15) is 22.3 Å². The number of hydrogen-bond donors (Lipinski definition) is 3. The van der Waals surface area contributed by atoms with E-state index in [2.05, 4.69) is 23.7 Å². The molecule has 2 rings (SSSR count). The van der Waals surface area contributed by atoms with Crippen molar-refractivity contribution in [2.45, 2.75) is 12.5 Å². The second-order valence-electron chi connectivity index (χ2n) is 4.66. The van der Waals surface area contributed by atoms with Gasteiger partial charge in [0.2, 0.25) is 0 Å². The number of aliphatic hydroxyl groups is 2. The predicted octanol–water partition coefficient (Wildman–Crippen LogP) is 0.729. The molecule has 3 N–H and O–H groups in total. The normalized spacial score (nSPS) is 23.6. The van der Waals surface area contributed by atoms with E-state index in [-0.39, 0.29) is 24.0 Å². The van der Waals surface area contributed by atoms with E-state index in [4.69, 9.17) is 10.2 Å². The minimum atomic E-state index is -0.970. The zero-order valence-corrected chi connectivity index (χ0v) is 10.7. The van der Waals surface area contributed by atoms with Gasteiger partial charge in [-0.1, -0.05) is 11.8 Å². The zero-order valence-electron chi connectivity index (χ0n) is 10.7. The molecule has 1 fully saturated rings. The fourth-order valence-electron chi connectivity index (χ4n) is 2.03. The molecule has 102 valence electrons. The Bertz CT molecular complexity index is 610. The Morgan fingerprint density at radius 3 is 2.50 bits per heavy atom. The highest BCUT2D eigenvalue weighted by Gasteiger charge is 2.38. The van der Waals surface area contributed by atoms with Crippen LogP contribution in [0.2, 0.25) is 0 Å². The SMILES string of the molecule is O=C(O)c1ccc(C#CC#CC2CC(O)[C@H]2CO)cc1. The molecule has 0 radical (unpaired) electrons. The van der Waals surface area contributed by atoms with E-state index in [9.17, 15) is 9.90 Å². The lowest BCUT2D eigenvalue weighted by atomic mass is 9.72. The highest BCUT2D eigenvalue weighted by atomic mass is 16.4. The summed E-state index contributed by atoms with van der Waals surface area (Å²) in [7, 11) is 0. The lowest BCUT2D eigenvalue weighted by Gasteiger charge is -2.37. The van der Waals surface area contributed by atoms with Crippen LogP contribution >= 0.6 is 0 Å². The van der Waals surface area contributed by atoms with Crippen molar-refractivity contribution in [1.82, 2.24) is 0 Å². The first kappa shape index (κ1) is 14.1. The maximum Gasteiger partial charge on any atom is 0.335 e. The number of rotatable bonds is 2. The van der Waals surface area contributed by atoms with Crippen molar-refractivity contribution in [3.8, 4) is 23.7 Å². The van der Waals surface area contributed by atoms with Crippen molar-refractivity contribution in [2.24, 2.45) is 11.8 Å². The summed E-state index contributed by atoms with van der Waals surface area (Å²) in [6.07, 6.45) is 0.114. The van der Waals surface area contributed by atoms with Crippen molar-refractivity contribution >= 4 is 5.97 Å². The fraction of sp³-hybridized carbons (Fsp3) is 0.312. The van der Waals surface area contributed by atoms with Gasteiger partial charge in [-0.05, 0) is 42.5 Å². The average Bonchev–Trinajstić information content (AvgIpc) is 2.43. The van der Waals surface area contributed by atoms with Crippen molar-refractivity contribution in [3.05, 3.63) is 35.4 Å². The number of hydrogen-bond acceptors (Lipinski definition) is 3. The minimum absolute atomic E-state index is 0.00122. The van der Waals surface area contributed by atoms with Crippen molar-refractivity contribution < 1.29 is 20.1 Å². The third-order valence-corrected chi connectivity index (χ3v) is 3.38.